The first-order valence-corrected chi connectivity index (χ1v) is 10.9. The highest BCUT2D eigenvalue weighted by molar-refractivity contribution is 5.82. The lowest BCUT2D eigenvalue weighted by molar-refractivity contribution is -0.142. The molecule has 1 aliphatic rings. The molecule has 7 nitrogen and oxygen atoms in total. The van der Waals surface area contributed by atoms with Gasteiger partial charge in [0.25, 0.3) is 0 Å². The minimum atomic E-state index is -0.380. The Hall–Kier alpha value is -3.32. The van der Waals surface area contributed by atoms with Gasteiger partial charge in [0.1, 0.15) is 5.58 Å². The molecule has 174 valence electrons. The SMILES string of the molecule is COC(=O)C[C@@H]1c2cc(OC)c(OC)cc2CCN1Cc1cc(=O)oc2cc(C)c(C)cc12. The minimum Gasteiger partial charge on any atom is -0.493 e. The topological polar surface area (TPSA) is 78.2 Å². The van der Waals surface area contributed by atoms with E-state index in [1.165, 1.54) is 7.11 Å². The molecular formula is C26H29NO6. The zero-order chi connectivity index (χ0) is 23.7. The Morgan fingerprint density at radius 2 is 1.73 bits per heavy atom. The highest BCUT2D eigenvalue weighted by atomic mass is 16.5. The van der Waals surface area contributed by atoms with Gasteiger partial charge in [-0.1, -0.05) is 0 Å². The van der Waals surface area contributed by atoms with Gasteiger partial charge in [-0.25, -0.2) is 4.79 Å². The van der Waals surface area contributed by atoms with Gasteiger partial charge in [-0.15, -0.1) is 0 Å². The smallest absolute Gasteiger partial charge is 0.336 e. The molecule has 0 radical (unpaired) electrons. The van der Waals surface area contributed by atoms with Crippen LogP contribution < -0.4 is 15.1 Å². The molecule has 0 saturated heterocycles. The Kier molecular flexibility index (Phi) is 6.42. The van der Waals surface area contributed by atoms with Crippen LogP contribution in [0, 0.1) is 13.8 Å². The first-order valence-electron chi connectivity index (χ1n) is 10.9. The number of carbonyl (C=O) groups is 1. The number of esters is 1. The maximum atomic E-state index is 12.3. The number of aryl methyl sites for hydroxylation is 2. The number of nitrogens with zero attached hydrogens (tertiary/aromatic N) is 1. The first-order chi connectivity index (χ1) is 15.8. The number of hydrogen-bond acceptors (Lipinski definition) is 7. The maximum Gasteiger partial charge on any atom is 0.336 e. The number of ether oxygens (including phenoxy) is 3. The number of carbonyl (C=O) groups excluding carboxylic acids is 1. The van der Waals surface area contributed by atoms with Gasteiger partial charge in [-0.2, -0.15) is 0 Å². The van der Waals surface area contributed by atoms with Crippen LogP contribution in [0.3, 0.4) is 0 Å². The predicted octanol–water partition coefficient (Wildman–Crippen LogP) is 4.09. The van der Waals surface area contributed by atoms with Crippen molar-refractivity contribution in [1.82, 2.24) is 4.90 Å². The third-order valence-corrected chi connectivity index (χ3v) is 6.52. The van der Waals surface area contributed by atoms with Gasteiger partial charge >= 0.3 is 11.6 Å². The molecule has 0 bridgehead atoms. The molecule has 0 saturated carbocycles. The van der Waals surface area contributed by atoms with Crippen LogP contribution in [0.4, 0.5) is 0 Å². The van der Waals surface area contributed by atoms with Gasteiger partial charge in [0, 0.05) is 30.6 Å². The Balaban J connectivity index is 1.78. The third-order valence-electron chi connectivity index (χ3n) is 6.52. The second-order valence-electron chi connectivity index (χ2n) is 8.45. The van der Waals surface area contributed by atoms with Crippen LogP contribution in [0.5, 0.6) is 11.5 Å². The van der Waals surface area contributed by atoms with Crippen molar-refractivity contribution < 1.29 is 23.4 Å². The van der Waals surface area contributed by atoms with Gasteiger partial charge in [0.15, 0.2) is 11.5 Å². The summed E-state index contributed by atoms with van der Waals surface area (Å²) in [5.74, 6) is 0.987. The second-order valence-corrected chi connectivity index (χ2v) is 8.45. The molecule has 4 rings (SSSR count). The lowest BCUT2D eigenvalue weighted by atomic mass is 9.89. The lowest BCUT2D eigenvalue weighted by Gasteiger charge is -2.37. The summed E-state index contributed by atoms with van der Waals surface area (Å²) in [4.78, 5) is 26.9. The summed E-state index contributed by atoms with van der Waals surface area (Å²) in [6, 6.07) is 9.22. The van der Waals surface area contributed by atoms with Crippen molar-refractivity contribution in [3.8, 4) is 11.5 Å². The molecule has 0 aliphatic carbocycles. The largest absolute Gasteiger partial charge is 0.493 e. The van der Waals surface area contributed by atoms with E-state index in [1.54, 1.807) is 20.3 Å². The van der Waals surface area contributed by atoms with Crippen LogP contribution in [0.15, 0.2) is 39.5 Å². The molecule has 33 heavy (non-hydrogen) atoms. The normalized spacial score (nSPS) is 15.8. The van der Waals surface area contributed by atoms with Crippen molar-refractivity contribution in [3.63, 3.8) is 0 Å². The molecule has 3 aromatic rings. The van der Waals surface area contributed by atoms with Crippen molar-refractivity contribution >= 4 is 16.9 Å². The molecule has 2 heterocycles. The molecule has 0 fully saturated rings. The van der Waals surface area contributed by atoms with Gasteiger partial charge in [-0.05, 0) is 72.4 Å². The summed E-state index contributed by atoms with van der Waals surface area (Å²) in [5, 5.41) is 0.910. The van der Waals surface area contributed by atoms with E-state index in [4.69, 9.17) is 18.6 Å². The molecule has 0 N–H and O–H groups in total. The van der Waals surface area contributed by atoms with Crippen LogP contribution in [0.1, 0.15) is 40.3 Å². The monoisotopic (exact) mass is 451 g/mol. The average molecular weight is 452 g/mol. The fourth-order valence-electron chi connectivity index (χ4n) is 4.58. The van der Waals surface area contributed by atoms with E-state index in [0.717, 1.165) is 46.2 Å². The molecule has 0 amide bonds. The van der Waals surface area contributed by atoms with E-state index < -0.39 is 0 Å². The molecule has 7 heteroatoms. The van der Waals surface area contributed by atoms with Crippen LogP contribution >= 0.6 is 0 Å². The zero-order valence-electron chi connectivity index (χ0n) is 19.7. The molecule has 1 atom stereocenters. The van der Waals surface area contributed by atoms with E-state index in [-0.39, 0.29) is 24.1 Å². The summed E-state index contributed by atoms with van der Waals surface area (Å²) >= 11 is 0. The Labute approximate surface area is 192 Å². The summed E-state index contributed by atoms with van der Waals surface area (Å²) in [5.41, 5.74) is 5.39. The third kappa shape index (κ3) is 4.46. The van der Waals surface area contributed by atoms with Crippen molar-refractivity contribution in [2.24, 2.45) is 0 Å². The van der Waals surface area contributed by atoms with Gasteiger partial charge in [0.2, 0.25) is 0 Å². The van der Waals surface area contributed by atoms with Crippen LogP contribution in [0.25, 0.3) is 11.0 Å². The number of fused-ring (bicyclic) bond motifs is 2. The van der Waals surface area contributed by atoms with Crippen molar-refractivity contribution in [2.45, 2.75) is 39.3 Å². The van der Waals surface area contributed by atoms with E-state index >= 15 is 0 Å². The quantitative estimate of drug-likeness (QED) is 0.413. The number of hydrogen-bond donors (Lipinski definition) is 0. The molecule has 1 aliphatic heterocycles. The first kappa shape index (κ1) is 22.9. The Morgan fingerprint density at radius 3 is 2.42 bits per heavy atom. The lowest BCUT2D eigenvalue weighted by Crippen LogP contribution is -2.36. The van der Waals surface area contributed by atoms with Crippen molar-refractivity contribution in [1.29, 1.82) is 0 Å². The van der Waals surface area contributed by atoms with Crippen molar-refractivity contribution in [2.75, 3.05) is 27.9 Å². The Bertz CT molecular complexity index is 1260. The van der Waals surface area contributed by atoms with E-state index in [1.807, 2.05) is 32.0 Å². The molecule has 2 aromatic carbocycles. The molecular weight excluding hydrogens is 422 g/mol. The summed E-state index contributed by atoms with van der Waals surface area (Å²) < 4.78 is 21.5. The highest BCUT2D eigenvalue weighted by Crippen LogP contribution is 2.40. The van der Waals surface area contributed by atoms with Crippen molar-refractivity contribution in [3.05, 3.63) is 68.6 Å². The van der Waals surface area contributed by atoms with E-state index in [0.29, 0.717) is 23.6 Å². The summed E-state index contributed by atoms with van der Waals surface area (Å²) in [7, 11) is 4.60. The van der Waals surface area contributed by atoms with E-state index in [2.05, 4.69) is 11.0 Å². The zero-order valence-corrected chi connectivity index (χ0v) is 19.7. The molecule has 1 aromatic heterocycles. The minimum absolute atomic E-state index is 0.191. The van der Waals surface area contributed by atoms with E-state index in [9.17, 15) is 9.59 Å². The highest BCUT2D eigenvalue weighted by Gasteiger charge is 2.31. The number of methoxy groups -OCH3 is 3. The summed E-state index contributed by atoms with van der Waals surface area (Å²) in [6.07, 6.45) is 0.974. The fourth-order valence-corrected chi connectivity index (χ4v) is 4.58. The summed E-state index contributed by atoms with van der Waals surface area (Å²) in [6.45, 7) is 5.26. The average Bonchev–Trinajstić information content (AvgIpc) is 2.80. The van der Waals surface area contributed by atoms with Gasteiger partial charge < -0.3 is 18.6 Å². The molecule has 0 unspecified atom stereocenters. The van der Waals surface area contributed by atoms with Gasteiger partial charge in [0.05, 0.1) is 27.8 Å². The molecule has 0 spiro atoms. The maximum absolute atomic E-state index is 12.3. The van der Waals surface area contributed by atoms with Crippen LogP contribution in [0.2, 0.25) is 0 Å². The number of rotatable bonds is 6. The van der Waals surface area contributed by atoms with Crippen LogP contribution in [-0.2, 0) is 22.5 Å². The fraction of sp³-hybridized carbons (Fsp3) is 0.385. The van der Waals surface area contributed by atoms with Crippen LogP contribution in [-0.4, -0.2) is 38.7 Å². The second kappa shape index (κ2) is 9.27. The predicted molar refractivity (Wildman–Crippen MR) is 125 cm³/mol. The number of benzene rings is 2. The standard InChI is InChI=1S/C26H29NO6/c1-15-8-20-18(11-26(29)33-22(20)9-16(15)2)14-27-7-6-17-10-23(30-3)24(31-4)12-19(17)21(27)13-25(28)32-5/h8-12,21H,6-7,13-14H2,1-5H3/t21-/m1/s1. The Morgan fingerprint density at radius 1 is 1.03 bits per heavy atom. The van der Waals surface area contributed by atoms with Gasteiger partial charge in [-0.3, -0.25) is 9.69 Å².